The van der Waals surface area contributed by atoms with E-state index in [1.54, 1.807) is 36.4 Å². The van der Waals surface area contributed by atoms with E-state index in [-0.39, 0.29) is 6.54 Å². The van der Waals surface area contributed by atoms with Gasteiger partial charge in [-0.05, 0) is 29.8 Å². The molecule has 122 valence electrons. The van der Waals surface area contributed by atoms with Crippen LogP contribution in [0.1, 0.15) is 5.56 Å². The van der Waals surface area contributed by atoms with Gasteiger partial charge in [0, 0.05) is 13.2 Å². The average Bonchev–Trinajstić information content (AvgIpc) is 2.59. The molecule has 2 N–H and O–H groups in total. The maximum Gasteiger partial charge on any atom is 0.422 e. The molecule has 2 amide bonds. The van der Waals surface area contributed by atoms with Gasteiger partial charge < -0.3 is 9.73 Å². The predicted molar refractivity (Wildman–Crippen MR) is 88.2 cm³/mol. The Labute approximate surface area is 135 Å². The Kier molecular flexibility index (Phi) is 4.11. The van der Waals surface area contributed by atoms with E-state index in [0.717, 1.165) is 5.56 Å². The van der Waals surface area contributed by atoms with Crippen molar-refractivity contribution >= 4 is 22.8 Å². The molecule has 8 heteroatoms. The zero-order valence-electron chi connectivity index (χ0n) is 12.8. The van der Waals surface area contributed by atoms with E-state index in [1.807, 2.05) is 0 Å². The number of hydrogen-bond acceptors (Lipinski definition) is 5. The van der Waals surface area contributed by atoms with Crippen molar-refractivity contribution in [3.63, 3.8) is 0 Å². The van der Waals surface area contributed by atoms with E-state index in [9.17, 15) is 14.4 Å². The molecule has 0 aliphatic heterocycles. The average molecular weight is 326 g/mol. The first-order chi connectivity index (χ1) is 11.6. The molecule has 0 atom stereocenters. The maximum absolute atomic E-state index is 12.1. The molecule has 0 spiro atoms. The van der Waals surface area contributed by atoms with Crippen LogP contribution in [0, 0.1) is 0 Å². The second kappa shape index (κ2) is 6.37. The molecule has 0 fully saturated rings. The summed E-state index contributed by atoms with van der Waals surface area (Å²) >= 11 is 0. The Morgan fingerprint density at radius 1 is 1.25 bits per heavy atom. The summed E-state index contributed by atoms with van der Waals surface area (Å²) in [4.78, 5) is 39.2. The number of urea groups is 1. The monoisotopic (exact) mass is 326 g/mol. The zero-order chi connectivity index (χ0) is 17.1. The molecule has 0 saturated carbocycles. The number of nitrogens with one attached hydrogen (secondary N) is 2. The van der Waals surface area contributed by atoms with Gasteiger partial charge in [-0.1, -0.05) is 12.1 Å². The van der Waals surface area contributed by atoms with Crippen LogP contribution in [-0.4, -0.2) is 22.6 Å². The van der Waals surface area contributed by atoms with Crippen molar-refractivity contribution in [1.82, 2.24) is 14.9 Å². The Morgan fingerprint density at radius 3 is 2.83 bits per heavy atom. The first-order valence-corrected chi connectivity index (χ1v) is 7.15. The van der Waals surface area contributed by atoms with Gasteiger partial charge in [0.15, 0.2) is 0 Å². The van der Waals surface area contributed by atoms with Crippen LogP contribution >= 0.6 is 0 Å². The standard InChI is InChI=1S/C16H14N4O4/c1-17-15(22)19-13-8-10(6-7-18-13)9-20-12-5-3-2-4-11(12)14(21)24-16(20)23/h2-8H,9H2,1H3,(H2,17,18,19,22). The number of fused-ring (bicyclic) bond motifs is 1. The third-order valence-corrected chi connectivity index (χ3v) is 3.45. The fourth-order valence-electron chi connectivity index (χ4n) is 2.32. The molecule has 0 radical (unpaired) electrons. The normalized spacial score (nSPS) is 10.5. The Hall–Kier alpha value is -3.42. The molecule has 0 unspecified atom stereocenters. The summed E-state index contributed by atoms with van der Waals surface area (Å²) in [5.41, 5.74) is 0.539. The molecular weight excluding hydrogens is 312 g/mol. The lowest BCUT2D eigenvalue weighted by Crippen LogP contribution is -2.26. The first-order valence-electron chi connectivity index (χ1n) is 7.15. The van der Waals surface area contributed by atoms with Crippen molar-refractivity contribution in [2.24, 2.45) is 0 Å². The number of anilines is 1. The quantitative estimate of drug-likeness (QED) is 0.751. The lowest BCUT2D eigenvalue weighted by atomic mass is 10.2. The zero-order valence-corrected chi connectivity index (χ0v) is 12.8. The van der Waals surface area contributed by atoms with Gasteiger partial charge in [0.2, 0.25) is 0 Å². The van der Waals surface area contributed by atoms with E-state index in [2.05, 4.69) is 15.6 Å². The van der Waals surface area contributed by atoms with E-state index < -0.39 is 17.4 Å². The topological polar surface area (TPSA) is 106 Å². The largest absolute Gasteiger partial charge is 0.422 e. The van der Waals surface area contributed by atoms with Crippen molar-refractivity contribution in [1.29, 1.82) is 0 Å². The third kappa shape index (κ3) is 3.02. The van der Waals surface area contributed by atoms with Crippen LogP contribution in [-0.2, 0) is 6.54 Å². The highest BCUT2D eigenvalue weighted by Crippen LogP contribution is 2.12. The molecule has 0 aliphatic carbocycles. The fourth-order valence-corrected chi connectivity index (χ4v) is 2.32. The summed E-state index contributed by atoms with van der Waals surface area (Å²) < 4.78 is 6.12. The van der Waals surface area contributed by atoms with Crippen LogP contribution < -0.4 is 22.0 Å². The van der Waals surface area contributed by atoms with Gasteiger partial charge in [-0.2, -0.15) is 0 Å². The van der Waals surface area contributed by atoms with Gasteiger partial charge in [-0.25, -0.2) is 19.4 Å². The molecule has 2 aromatic heterocycles. The van der Waals surface area contributed by atoms with Crippen molar-refractivity contribution in [2.45, 2.75) is 6.54 Å². The highest BCUT2D eigenvalue weighted by Gasteiger charge is 2.10. The number of amides is 2. The van der Waals surface area contributed by atoms with Gasteiger partial charge in [-0.15, -0.1) is 0 Å². The van der Waals surface area contributed by atoms with E-state index in [1.165, 1.54) is 17.8 Å². The number of pyridine rings is 1. The Balaban J connectivity index is 2.02. The summed E-state index contributed by atoms with van der Waals surface area (Å²) in [5.74, 6) is -0.391. The van der Waals surface area contributed by atoms with E-state index in [4.69, 9.17) is 4.42 Å². The van der Waals surface area contributed by atoms with Crippen LogP contribution in [0.5, 0.6) is 0 Å². The number of hydrogen-bond donors (Lipinski definition) is 2. The molecule has 3 aromatic rings. The van der Waals surface area contributed by atoms with Crippen molar-refractivity contribution < 1.29 is 9.21 Å². The third-order valence-electron chi connectivity index (χ3n) is 3.45. The predicted octanol–water partition coefficient (Wildman–Crippen LogP) is 1.15. The minimum atomic E-state index is -0.740. The first kappa shape index (κ1) is 15.5. The molecule has 1 aromatic carbocycles. The minimum absolute atomic E-state index is 0.175. The smallest absolute Gasteiger partial charge is 0.372 e. The number of rotatable bonds is 3. The van der Waals surface area contributed by atoms with E-state index in [0.29, 0.717) is 16.7 Å². The number of carbonyl (C=O) groups excluding carboxylic acids is 1. The molecule has 8 nitrogen and oxygen atoms in total. The molecule has 3 rings (SSSR count). The van der Waals surface area contributed by atoms with Gasteiger partial charge in [0.1, 0.15) is 5.82 Å². The summed E-state index contributed by atoms with van der Waals surface area (Å²) in [6.07, 6.45) is 1.52. The van der Waals surface area contributed by atoms with E-state index >= 15 is 0 Å². The summed E-state index contributed by atoms with van der Waals surface area (Å²) in [7, 11) is 1.50. The van der Waals surface area contributed by atoms with Crippen molar-refractivity contribution in [3.8, 4) is 0 Å². The molecule has 0 saturated heterocycles. The molecule has 2 heterocycles. The Bertz CT molecular complexity index is 1020. The maximum atomic E-state index is 12.1. The second-order valence-corrected chi connectivity index (χ2v) is 5.01. The van der Waals surface area contributed by atoms with Gasteiger partial charge in [0.25, 0.3) is 0 Å². The number of nitrogens with zero attached hydrogens (tertiary/aromatic N) is 2. The lowest BCUT2D eigenvalue weighted by Gasteiger charge is -2.09. The number of benzene rings is 1. The SMILES string of the molecule is CNC(=O)Nc1cc(Cn2c(=O)oc(=O)c3ccccc32)ccn1. The summed E-state index contributed by atoms with van der Waals surface area (Å²) in [5, 5.41) is 5.31. The Morgan fingerprint density at radius 2 is 2.04 bits per heavy atom. The molecule has 0 aliphatic rings. The molecular formula is C16H14N4O4. The van der Waals surface area contributed by atoms with Crippen LogP contribution in [0.25, 0.3) is 10.9 Å². The number of para-hydroxylation sites is 1. The lowest BCUT2D eigenvalue weighted by molar-refractivity contribution is 0.254. The van der Waals surface area contributed by atoms with Gasteiger partial charge >= 0.3 is 17.4 Å². The summed E-state index contributed by atoms with van der Waals surface area (Å²) in [6, 6.07) is 9.67. The second-order valence-electron chi connectivity index (χ2n) is 5.01. The molecule has 24 heavy (non-hydrogen) atoms. The van der Waals surface area contributed by atoms with Crippen LogP contribution in [0.2, 0.25) is 0 Å². The van der Waals surface area contributed by atoms with Gasteiger partial charge in [0.05, 0.1) is 17.4 Å². The fraction of sp³-hybridized carbons (Fsp3) is 0.125. The van der Waals surface area contributed by atoms with Crippen LogP contribution in [0.3, 0.4) is 0 Å². The summed E-state index contributed by atoms with van der Waals surface area (Å²) in [6.45, 7) is 0.175. The molecule has 0 bridgehead atoms. The van der Waals surface area contributed by atoms with Gasteiger partial charge in [-0.3, -0.25) is 9.88 Å². The highest BCUT2D eigenvalue weighted by molar-refractivity contribution is 5.87. The van der Waals surface area contributed by atoms with Crippen molar-refractivity contribution in [2.75, 3.05) is 12.4 Å². The van der Waals surface area contributed by atoms with Crippen molar-refractivity contribution in [3.05, 3.63) is 69.1 Å². The van der Waals surface area contributed by atoms with Crippen LogP contribution in [0.15, 0.2) is 56.6 Å². The minimum Gasteiger partial charge on any atom is -0.372 e. The van der Waals surface area contributed by atoms with Crippen LogP contribution in [0.4, 0.5) is 10.6 Å². The number of carbonyl (C=O) groups is 1. The highest BCUT2D eigenvalue weighted by atomic mass is 16.4. The number of aromatic nitrogens is 2.